The number of carbonyl (C=O) groups is 1. The number of nitrogens with zero attached hydrogens (tertiary/aromatic N) is 2. The van der Waals surface area contributed by atoms with E-state index in [0.29, 0.717) is 18.3 Å². The van der Waals surface area contributed by atoms with Crippen molar-refractivity contribution in [2.45, 2.75) is 24.9 Å². The van der Waals surface area contributed by atoms with Gasteiger partial charge in [0.2, 0.25) is 0 Å². The zero-order chi connectivity index (χ0) is 22.5. The van der Waals surface area contributed by atoms with Gasteiger partial charge in [-0.15, -0.1) is 0 Å². The molecule has 1 atom stereocenters. The van der Waals surface area contributed by atoms with E-state index >= 15 is 0 Å². The third kappa shape index (κ3) is 6.25. The van der Waals surface area contributed by atoms with Gasteiger partial charge in [-0.3, -0.25) is 0 Å². The molecule has 0 bridgehead atoms. The second kappa shape index (κ2) is 9.21. The molecule has 0 aliphatic heterocycles. The Balaban J connectivity index is 2.08. The van der Waals surface area contributed by atoms with Crippen LogP contribution in [0.3, 0.4) is 0 Å². The van der Waals surface area contributed by atoms with E-state index < -0.39 is 35.6 Å². The van der Waals surface area contributed by atoms with E-state index in [1.165, 1.54) is 0 Å². The molecule has 1 aromatic heterocycles. The van der Waals surface area contributed by atoms with Crippen molar-refractivity contribution in [1.29, 1.82) is 5.26 Å². The number of hydrogen-bond acceptors (Lipinski definition) is 5. The van der Waals surface area contributed by atoms with Gasteiger partial charge in [-0.25, -0.2) is 9.78 Å². The van der Waals surface area contributed by atoms with Crippen LogP contribution in [0.4, 0.5) is 32.2 Å². The molecule has 1 aromatic carbocycles. The van der Waals surface area contributed by atoms with Gasteiger partial charge in [-0.1, -0.05) is 17.7 Å². The summed E-state index contributed by atoms with van der Waals surface area (Å²) in [6, 6.07) is 5.91. The molecular formula is C18H12ClF6N3O2. The molecule has 2 aromatic rings. The lowest BCUT2D eigenvalue weighted by molar-refractivity contribution is -0.138. The topological polar surface area (TPSA) is 75.0 Å². The molecule has 0 fully saturated rings. The Labute approximate surface area is 171 Å². The Hall–Kier alpha value is -3.00. The fourth-order valence-corrected chi connectivity index (χ4v) is 2.47. The standard InChI is InChI=1S/C18H12ClF6N3O2/c19-14-7-12(18(23,24)25)8-27-15(14)28-9-13(4-5-26)30-16(29)10-2-1-3-11(6-10)17(20,21)22/h1-3,6-8,13H,4,9H2,(H,27,28)/t13-/m0/s1. The van der Waals surface area contributed by atoms with Crippen LogP contribution in [0.5, 0.6) is 0 Å². The van der Waals surface area contributed by atoms with E-state index in [0.717, 1.165) is 18.2 Å². The van der Waals surface area contributed by atoms with Crippen LogP contribution in [0.2, 0.25) is 5.02 Å². The van der Waals surface area contributed by atoms with Gasteiger partial charge >= 0.3 is 18.3 Å². The Kier molecular flexibility index (Phi) is 7.15. The van der Waals surface area contributed by atoms with Crippen molar-refractivity contribution >= 4 is 23.4 Å². The first-order valence-electron chi connectivity index (χ1n) is 8.13. The maximum absolute atomic E-state index is 12.8. The van der Waals surface area contributed by atoms with Gasteiger partial charge in [0.15, 0.2) is 0 Å². The number of pyridine rings is 1. The number of nitrogens with one attached hydrogen (secondary N) is 1. The van der Waals surface area contributed by atoms with E-state index in [9.17, 15) is 31.1 Å². The van der Waals surface area contributed by atoms with E-state index in [2.05, 4.69) is 10.3 Å². The predicted molar refractivity (Wildman–Crippen MR) is 93.6 cm³/mol. The van der Waals surface area contributed by atoms with Gasteiger partial charge in [0.1, 0.15) is 11.9 Å². The number of anilines is 1. The van der Waals surface area contributed by atoms with Gasteiger partial charge in [0, 0.05) is 6.20 Å². The van der Waals surface area contributed by atoms with E-state index in [4.69, 9.17) is 21.6 Å². The molecule has 0 aliphatic rings. The molecule has 0 saturated heterocycles. The normalized spacial score (nSPS) is 12.7. The number of halogens is 7. The fraction of sp³-hybridized carbons (Fsp3) is 0.278. The molecule has 5 nitrogen and oxygen atoms in total. The number of benzene rings is 1. The Bertz CT molecular complexity index is 956. The van der Waals surface area contributed by atoms with E-state index in [-0.39, 0.29) is 29.4 Å². The zero-order valence-corrected chi connectivity index (χ0v) is 15.6. The molecule has 1 N–H and O–H groups in total. The second-order valence-corrected chi connectivity index (χ2v) is 6.31. The summed E-state index contributed by atoms with van der Waals surface area (Å²) in [6.45, 7) is -0.268. The third-order valence-electron chi connectivity index (χ3n) is 3.68. The highest BCUT2D eigenvalue weighted by Crippen LogP contribution is 2.32. The summed E-state index contributed by atoms with van der Waals surface area (Å²) in [5, 5.41) is 11.1. The molecule has 30 heavy (non-hydrogen) atoms. The van der Waals surface area contributed by atoms with Gasteiger partial charge in [0.25, 0.3) is 0 Å². The number of esters is 1. The lowest BCUT2D eigenvalue weighted by atomic mass is 10.1. The first kappa shape index (κ1) is 23.3. The van der Waals surface area contributed by atoms with Crippen LogP contribution in [0.1, 0.15) is 27.9 Å². The minimum Gasteiger partial charge on any atom is -0.456 e. The number of alkyl halides is 6. The SMILES string of the molecule is N#CC[C@@H](CNc1ncc(C(F)(F)F)cc1Cl)OC(=O)c1cccc(C(F)(F)F)c1. The highest BCUT2D eigenvalue weighted by atomic mass is 35.5. The average molecular weight is 452 g/mol. The van der Waals surface area contributed by atoms with Crippen LogP contribution < -0.4 is 5.32 Å². The minimum absolute atomic E-state index is 0.150. The highest BCUT2D eigenvalue weighted by molar-refractivity contribution is 6.32. The minimum atomic E-state index is -4.66. The van der Waals surface area contributed by atoms with Crippen molar-refractivity contribution in [2.24, 2.45) is 0 Å². The molecule has 1 heterocycles. The maximum atomic E-state index is 12.8. The van der Waals surface area contributed by atoms with Gasteiger partial charge in [-0.2, -0.15) is 31.6 Å². The molecule has 0 radical (unpaired) electrons. The molecule has 12 heteroatoms. The number of aromatic nitrogens is 1. The molecule has 0 aliphatic carbocycles. The Morgan fingerprint density at radius 1 is 1.17 bits per heavy atom. The lowest BCUT2D eigenvalue weighted by Gasteiger charge is -2.17. The predicted octanol–water partition coefficient (Wildman–Crippen LogP) is 5.32. The summed E-state index contributed by atoms with van der Waals surface area (Å²) < 4.78 is 81.3. The van der Waals surface area contributed by atoms with Crippen LogP contribution >= 0.6 is 11.6 Å². The smallest absolute Gasteiger partial charge is 0.417 e. The average Bonchev–Trinajstić information content (AvgIpc) is 2.65. The zero-order valence-electron chi connectivity index (χ0n) is 14.8. The van der Waals surface area contributed by atoms with Crippen molar-refractivity contribution in [3.8, 4) is 6.07 Å². The van der Waals surface area contributed by atoms with Crippen molar-refractivity contribution in [1.82, 2.24) is 4.98 Å². The summed E-state index contributed by atoms with van der Waals surface area (Å²) in [7, 11) is 0. The molecule has 0 unspecified atom stereocenters. The number of nitriles is 1. The van der Waals surface area contributed by atoms with Crippen LogP contribution in [0.25, 0.3) is 0 Å². The number of hydrogen-bond donors (Lipinski definition) is 1. The largest absolute Gasteiger partial charge is 0.456 e. The highest BCUT2D eigenvalue weighted by Gasteiger charge is 2.32. The van der Waals surface area contributed by atoms with Crippen LogP contribution in [-0.4, -0.2) is 23.6 Å². The second-order valence-electron chi connectivity index (χ2n) is 5.90. The molecule has 2 rings (SSSR count). The van der Waals surface area contributed by atoms with Crippen molar-refractivity contribution in [3.05, 3.63) is 58.2 Å². The van der Waals surface area contributed by atoms with Crippen molar-refractivity contribution in [2.75, 3.05) is 11.9 Å². The fourth-order valence-electron chi connectivity index (χ4n) is 2.23. The van der Waals surface area contributed by atoms with Gasteiger partial charge in [-0.05, 0) is 24.3 Å². The van der Waals surface area contributed by atoms with Crippen molar-refractivity contribution in [3.63, 3.8) is 0 Å². The Morgan fingerprint density at radius 2 is 1.83 bits per heavy atom. The van der Waals surface area contributed by atoms with Crippen molar-refractivity contribution < 1.29 is 35.9 Å². The number of carbonyl (C=O) groups excluding carboxylic acids is 1. The first-order valence-corrected chi connectivity index (χ1v) is 8.51. The number of rotatable bonds is 6. The van der Waals surface area contributed by atoms with Crippen LogP contribution in [0, 0.1) is 11.3 Å². The quantitative estimate of drug-likeness (QED) is 0.475. The maximum Gasteiger partial charge on any atom is 0.417 e. The van der Waals surface area contributed by atoms with Gasteiger partial charge in [0.05, 0.1) is 40.7 Å². The number of ether oxygens (including phenoxy) is 1. The summed E-state index contributed by atoms with van der Waals surface area (Å²) >= 11 is 5.75. The molecular weight excluding hydrogens is 440 g/mol. The molecule has 0 saturated carbocycles. The first-order chi connectivity index (χ1) is 13.9. The lowest BCUT2D eigenvalue weighted by Crippen LogP contribution is -2.26. The van der Waals surface area contributed by atoms with E-state index in [1.54, 1.807) is 6.07 Å². The molecule has 0 spiro atoms. The van der Waals surface area contributed by atoms with Crippen LogP contribution in [0.15, 0.2) is 36.5 Å². The van der Waals surface area contributed by atoms with E-state index in [1.807, 2.05) is 0 Å². The summed E-state index contributed by atoms with van der Waals surface area (Å²) in [5.41, 5.74) is -2.49. The summed E-state index contributed by atoms with van der Waals surface area (Å²) in [4.78, 5) is 15.7. The summed E-state index contributed by atoms with van der Waals surface area (Å²) in [6.07, 6.45) is -10.2. The monoisotopic (exact) mass is 451 g/mol. The third-order valence-corrected chi connectivity index (χ3v) is 3.97. The molecule has 160 valence electrons. The molecule has 0 amide bonds. The Morgan fingerprint density at radius 3 is 2.40 bits per heavy atom. The van der Waals surface area contributed by atoms with Gasteiger partial charge < -0.3 is 10.1 Å². The summed E-state index contributed by atoms with van der Waals surface area (Å²) in [5.74, 6) is -1.25. The van der Waals surface area contributed by atoms with Crippen LogP contribution in [-0.2, 0) is 17.1 Å².